The zero-order valence-electron chi connectivity index (χ0n) is 13.1. The van der Waals surface area contributed by atoms with E-state index in [2.05, 4.69) is 39.8 Å². The molecule has 1 aromatic carbocycles. The first-order valence-corrected chi connectivity index (χ1v) is 8.15. The van der Waals surface area contributed by atoms with Crippen LogP contribution >= 0.6 is 0 Å². The number of hydrogen-bond donors (Lipinski definition) is 2. The van der Waals surface area contributed by atoms with Crippen LogP contribution < -0.4 is 10.6 Å². The van der Waals surface area contributed by atoms with Crippen molar-refractivity contribution in [1.82, 2.24) is 15.5 Å². The highest BCUT2D eigenvalue weighted by atomic mass is 19.1. The first-order valence-electron chi connectivity index (χ1n) is 8.15. The van der Waals surface area contributed by atoms with Gasteiger partial charge >= 0.3 is 6.03 Å². The molecular weight excluding hydrogens is 281 g/mol. The number of nitrogens with zero attached hydrogens (tertiary/aromatic N) is 1. The summed E-state index contributed by atoms with van der Waals surface area (Å²) in [6.07, 6.45) is 4.62. The molecule has 0 bridgehead atoms. The third kappa shape index (κ3) is 5.64. The number of nitrogens with one attached hydrogen (secondary N) is 2. The van der Waals surface area contributed by atoms with Crippen molar-refractivity contribution < 1.29 is 9.18 Å². The molecule has 1 aromatic rings. The van der Waals surface area contributed by atoms with Crippen LogP contribution in [0.3, 0.4) is 0 Å². The van der Waals surface area contributed by atoms with Gasteiger partial charge in [0.05, 0.1) is 0 Å². The average Bonchev–Trinajstić information content (AvgIpc) is 2.55. The van der Waals surface area contributed by atoms with Gasteiger partial charge < -0.3 is 10.6 Å². The van der Waals surface area contributed by atoms with Crippen molar-refractivity contribution in [3.05, 3.63) is 35.9 Å². The molecule has 2 rings (SSSR count). The quantitative estimate of drug-likeness (QED) is 0.813. The molecule has 0 unspecified atom stereocenters. The molecule has 1 aliphatic heterocycles. The molecule has 2 N–H and O–H groups in total. The maximum atomic E-state index is 12.0. The van der Waals surface area contributed by atoms with Crippen molar-refractivity contribution in [3.63, 3.8) is 0 Å². The Balaban J connectivity index is 1.76. The number of likely N-dealkylation sites (tertiary alicyclic amines) is 1. The standard InChI is InChI=1S/C17H26FN3O/c18-10-12-20-17(22)19-11-9-16-8-4-5-13-21(16)14-15-6-2-1-3-7-15/h1-3,6-7,16H,4-5,8-14H2,(H2,19,20,22)/t16-/m1/s1. The first-order chi connectivity index (χ1) is 10.8. The highest BCUT2D eigenvalue weighted by Crippen LogP contribution is 2.21. The lowest BCUT2D eigenvalue weighted by Gasteiger charge is -2.36. The second-order valence-electron chi connectivity index (χ2n) is 5.77. The van der Waals surface area contributed by atoms with Crippen LogP contribution in [0.5, 0.6) is 0 Å². The molecular formula is C17H26FN3O. The lowest BCUT2D eigenvalue weighted by Crippen LogP contribution is -2.43. The van der Waals surface area contributed by atoms with Crippen LogP contribution in [-0.2, 0) is 6.54 Å². The SMILES string of the molecule is O=C(NCCF)NCC[C@H]1CCCCN1Cc1ccccc1. The van der Waals surface area contributed by atoms with Crippen LogP contribution in [0.15, 0.2) is 30.3 Å². The summed E-state index contributed by atoms with van der Waals surface area (Å²) in [7, 11) is 0. The predicted octanol–water partition coefficient (Wildman–Crippen LogP) is 2.70. The lowest BCUT2D eigenvalue weighted by molar-refractivity contribution is 0.132. The van der Waals surface area contributed by atoms with Crippen LogP contribution in [0.1, 0.15) is 31.2 Å². The smallest absolute Gasteiger partial charge is 0.314 e. The molecule has 0 aromatic heterocycles. The second kappa shape index (κ2) is 9.41. The maximum absolute atomic E-state index is 12.0. The normalized spacial score (nSPS) is 18.9. The fraction of sp³-hybridized carbons (Fsp3) is 0.588. The molecule has 1 fully saturated rings. The van der Waals surface area contributed by atoms with Gasteiger partial charge in [-0.1, -0.05) is 36.8 Å². The molecule has 0 aliphatic carbocycles. The van der Waals surface area contributed by atoms with Gasteiger partial charge in [-0.3, -0.25) is 4.90 Å². The Morgan fingerprint density at radius 3 is 2.73 bits per heavy atom. The Bertz CT molecular complexity index is 441. The van der Waals surface area contributed by atoms with E-state index < -0.39 is 6.67 Å². The van der Waals surface area contributed by atoms with E-state index in [1.807, 2.05) is 6.07 Å². The van der Waals surface area contributed by atoms with E-state index in [0.29, 0.717) is 12.6 Å². The van der Waals surface area contributed by atoms with E-state index in [0.717, 1.165) is 19.5 Å². The van der Waals surface area contributed by atoms with Crippen molar-refractivity contribution in [2.24, 2.45) is 0 Å². The van der Waals surface area contributed by atoms with Gasteiger partial charge in [-0.25, -0.2) is 9.18 Å². The Hall–Kier alpha value is -1.62. The third-order valence-electron chi connectivity index (χ3n) is 4.12. The second-order valence-corrected chi connectivity index (χ2v) is 5.77. The highest BCUT2D eigenvalue weighted by molar-refractivity contribution is 5.73. The van der Waals surface area contributed by atoms with Crippen molar-refractivity contribution in [1.29, 1.82) is 0 Å². The summed E-state index contributed by atoms with van der Waals surface area (Å²) in [5, 5.41) is 5.29. The van der Waals surface area contributed by atoms with E-state index in [4.69, 9.17) is 0 Å². The summed E-state index contributed by atoms with van der Waals surface area (Å²) in [6.45, 7) is 2.28. The number of hydrogen-bond acceptors (Lipinski definition) is 2. The van der Waals surface area contributed by atoms with Crippen molar-refractivity contribution in [3.8, 4) is 0 Å². The average molecular weight is 307 g/mol. The van der Waals surface area contributed by atoms with Gasteiger partial charge in [-0.2, -0.15) is 0 Å². The monoisotopic (exact) mass is 307 g/mol. The van der Waals surface area contributed by atoms with Crippen LogP contribution in [-0.4, -0.2) is 43.3 Å². The minimum absolute atomic E-state index is 0.0788. The largest absolute Gasteiger partial charge is 0.338 e. The number of rotatable bonds is 7. The van der Waals surface area contributed by atoms with E-state index in [1.54, 1.807) is 0 Å². The molecule has 0 radical (unpaired) electrons. The molecule has 2 amide bonds. The summed E-state index contributed by atoms with van der Waals surface area (Å²) < 4.78 is 12.0. The summed E-state index contributed by atoms with van der Waals surface area (Å²) in [5.74, 6) is 0. The van der Waals surface area contributed by atoms with Gasteiger partial charge in [0.15, 0.2) is 0 Å². The minimum atomic E-state index is -0.527. The number of piperidine rings is 1. The van der Waals surface area contributed by atoms with E-state index >= 15 is 0 Å². The Kier molecular flexibility index (Phi) is 7.16. The van der Waals surface area contributed by atoms with Crippen molar-refractivity contribution >= 4 is 6.03 Å². The van der Waals surface area contributed by atoms with E-state index in [-0.39, 0.29) is 12.6 Å². The first kappa shape index (κ1) is 16.7. The van der Waals surface area contributed by atoms with Gasteiger partial charge in [0.25, 0.3) is 0 Å². The zero-order valence-corrected chi connectivity index (χ0v) is 13.1. The van der Waals surface area contributed by atoms with Crippen LogP contribution in [0, 0.1) is 0 Å². The maximum Gasteiger partial charge on any atom is 0.314 e. The van der Waals surface area contributed by atoms with E-state index in [9.17, 15) is 9.18 Å². The molecule has 0 saturated carbocycles. The van der Waals surface area contributed by atoms with Gasteiger partial charge in [-0.05, 0) is 31.4 Å². The number of carbonyl (C=O) groups is 1. The van der Waals surface area contributed by atoms with Gasteiger partial charge in [0.2, 0.25) is 0 Å². The number of halogens is 1. The predicted molar refractivity (Wildman–Crippen MR) is 86.5 cm³/mol. The molecule has 1 heterocycles. The molecule has 1 saturated heterocycles. The summed E-state index contributed by atoms with van der Waals surface area (Å²) in [6, 6.07) is 10.7. The zero-order chi connectivity index (χ0) is 15.6. The topological polar surface area (TPSA) is 44.4 Å². The molecule has 1 aliphatic rings. The molecule has 1 atom stereocenters. The summed E-state index contributed by atoms with van der Waals surface area (Å²) >= 11 is 0. The molecule has 4 nitrogen and oxygen atoms in total. The number of benzene rings is 1. The number of carbonyl (C=O) groups excluding carboxylic acids is 1. The molecule has 0 spiro atoms. The van der Waals surface area contributed by atoms with Crippen LogP contribution in [0.4, 0.5) is 9.18 Å². The fourth-order valence-corrected chi connectivity index (χ4v) is 2.99. The van der Waals surface area contributed by atoms with E-state index in [1.165, 1.54) is 24.8 Å². The van der Waals surface area contributed by atoms with Crippen molar-refractivity contribution in [2.45, 2.75) is 38.3 Å². The van der Waals surface area contributed by atoms with Crippen molar-refractivity contribution in [2.75, 3.05) is 26.3 Å². The Morgan fingerprint density at radius 2 is 1.95 bits per heavy atom. The summed E-state index contributed by atoms with van der Waals surface area (Å²) in [5.41, 5.74) is 1.34. The van der Waals surface area contributed by atoms with Gasteiger partial charge in [0, 0.05) is 25.7 Å². The fourth-order valence-electron chi connectivity index (χ4n) is 2.99. The Labute approximate surface area is 132 Å². The molecule has 22 heavy (non-hydrogen) atoms. The van der Waals surface area contributed by atoms with Crippen LogP contribution in [0.2, 0.25) is 0 Å². The third-order valence-corrected chi connectivity index (χ3v) is 4.12. The number of urea groups is 1. The molecule has 5 heteroatoms. The van der Waals surface area contributed by atoms with Crippen LogP contribution in [0.25, 0.3) is 0 Å². The summed E-state index contributed by atoms with van der Waals surface area (Å²) in [4.78, 5) is 13.9. The van der Waals surface area contributed by atoms with Gasteiger partial charge in [-0.15, -0.1) is 0 Å². The molecule has 122 valence electrons. The lowest BCUT2D eigenvalue weighted by atomic mass is 9.98. The highest BCUT2D eigenvalue weighted by Gasteiger charge is 2.22. The number of alkyl halides is 1. The Morgan fingerprint density at radius 1 is 1.18 bits per heavy atom. The van der Waals surface area contributed by atoms with Gasteiger partial charge in [0.1, 0.15) is 6.67 Å². The number of amides is 2. The minimum Gasteiger partial charge on any atom is -0.338 e.